The molecule has 1 aliphatic rings. The van der Waals surface area contributed by atoms with Crippen LogP contribution in [0.4, 0.5) is 0 Å². The zero-order chi connectivity index (χ0) is 13.0. The lowest BCUT2D eigenvalue weighted by molar-refractivity contribution is 0.0928. The van der Waals surface area contributed by atoms with Crippen molar-refractivity contribution >= 4 is 5.91 Å². The van der Waals surface area contributed by atoms with E-state index in [-0.39, 0.29) is 23.1 Å². The standard InChI is InChI=1S/C13H18N2O3/c16-10-4-1-5-11(17)12(10)13(18)15-9-3-2-7-14-8-6-9/h1,4-5,9,14,16-17H,2-3,6-8H2,(H,15,18). The van der Waals surface area contributed by atoms with E-state index in [2.05, 4.69) is 10.6 Å². The van der Waals surface area contributed by atoms with Gasteiger partial charge in [0.05, 0.1) is 0 Å². The molecule has 5 heteroatoms. The van der Waals surface area contributed by atoms with Gasteiger partial charge in [-0.25, -0.2) is 0 Å². The summed E-state index contributed by atoms with van der Waals surface area (Å²) < 4.78 is 0. The Morgan fingerprint density at radius 3 is 2.67 bits per heavy atom. The Balaban J connectivity index is 2.07. The van der Waals surface area contributed by atoms with E-state index in [9.17, 15) is 15.0 Å². The average molecular weight is 250 g/mol. The molecule has 5 nitrogen and oxygen atoms in total. The summed E-state index contributed by atoms with van der Waals surface area (Å²) in [6, 6.07) is 4.37. The molecule has 1 atom stereocenters. The number of amides is 1. The molecule has 0 spiro atoms. The fourth-order valence-corrected chi connectivity index (χ4v) is 2.18. The molecule has 1 aliphatic heterocycles. The second kappa shape index (κ2) is 5.73. The SMILES string of the molecule is O=C(NC1CCCNCC1)c1c(O)cccc1O. The molecule has 1 aromatic carbocycles. The van der Waals surface area contributed by atoms with Crippen molar-refractivity contribution < 1.29 is 15.0 Å². The molecule has 1 heterocycles. The molecular formula is C13H18N2O3. The van der Waals surface area contributed by atoms with Crippen molar-refractivity contribution in [3.63, 3.8) is 0 Å². The number of rotatable bonds is 2. The number of carbonyl (C=O) groups excluding carboxylic acids is 1. The molecule has 0 aromatic heterocycles. The maximum atomic E-state index is 12.0. The largest absolute Gasteiger partial charge is 0.507 e. The van der Waals surface area contributed by atoms with E-state index in [1.54, 1.807) is 0 Å². The van der Waals surface area contributed by atoms with E-state index in [1.807, 2.05) is 0 Å². The van der Waals surface area contributed by atoms with E-state index >= 15 is 0 Å². The van der Waals surface area contributed by atoms with Gasteiger partial charge in [0.2, 0.25) is 0 Å². The minimum absolute atomic E-state index is 0.0466. The summed E-state index contributed by atoms with van der Waals surface area (Å²) in [5, 5.41) is 25.3. The van der Waals surface area contributed by atoms with Gasteiger partial charge in [-0.3, -0.25) is 4.79 Å². The van der Waals surface area contributed by atoms with Crippen LogP contribution >= 0.6 is 0 Å². The highest BCUT2D eigenvalue weighted by atomic mass is 16.3. The minimum atomic E-state index is -0.419. The lowest BCUT2D eigenvalue weighted by atomic mass is 10.1. The molecule has 1 amide bonds. The molecule has 1 saturated heterocycles. The Morgan fingerprint density at radius 1 is 1.22 bits per heavy atom. The third-order valence-electron chi connectivity index (χ3n) is 3.16. The highest BCUT2D eigenvalue weighted by molar-refractivity contribution is 5.99. The Hall–Kier alpha value is -1.75. The molecule has 1 aromatic rings. The number of hydrogen-bond donors (Lipinski definition) is 4. The first-order valence-corrected chi connectivity index (χ1v) is 6.21. The van der Waals surface area contributed by atoms with Crippen LogP contribution in [0, 0.1) is 0 Å². The van der Waals surface area contributed by atoms with Crippen LogP contribution in [0.3, 0.4) is 0 Å². The summed E-state index contributed by atoms with van der Waals surface area (Å²) in [7, 11) is 0. The van der Waals surface area contributed by atoms with Gasteiger partial charge in [-0.2, -0.15) is 0 Å². The maximum absolute atomic E-state index is 12.0. The third kappa shape index (κ3) is 2.92. The van der Waals surface area contributed by atoms with Gasteiger partial charge in [-0.1, -0.05) is 6.07 Å². The van der Waals surface area contributed by atoms with Crippen LogP contribution in [0.15, 0.2) is 18.2 Å². The molecule has 0 saturated carbocycles. The van der Waals surface area contributed by atoms with Crippen molar-refractivity contribution in [3.05, 3.63) is 23.8 Å². The van der Waals surface area contributed by atoms with Crippen LogP contribution in [0.5, 0.6) is 11.5 Å². The van der Waals surface area contributed by atoms with Gasteiger partial charge >= 0.3 is 0 Å². The Morgan fingerprint density at radius 2 is 1.94 bits per heavy atom. The van der Waals surface area contributed by atoms with E-state index in [0.717, 1.165) is 32.4 Å². The van der Waals surface area contributed by atoms with E-state index in [0.29, 0.717) is 0 Å². The number of carbonyl (C=O) groups is 1. The van der Waals surface area contributed by atoms with Crippen molar-refractivity contribution in [2.24, 2.45) is 0 Å². The molecule has 18 heavy (non-hydrogen) atoms. The van der Waals surface area contributed by atoms with E-state index < -0.39 is 5.91 Å². The van der Waals surface area contributed by atoms with Crippen LogP contribution in [0.1, 0.15) is 29.6 Å². The van der Waals surface area contributed by atoms with Gasteiger partial charge in [0.25, 0.3) is 5.91 Å². The second-order valence-electron chi connectivity index (χ2n) is 4.52. The quantitative estimate of drug-likeness (QED) is 0.630. The normalized spacial score (nSPS) is 20.1. The first-order chi connectivity index (χ1) is 8.68. The number of nitrogens with one attached hydrogen (secondary N) is 2. The third-order valence-corrected chi connectivity index (χ3v) is 3.16. The summed E-state index contributed by atoms with van der Waals surface area (Å²) in [6.07, 6.45) is 2.78. The molecule has 4 N–H and O–H groups in total. The van der Waals surface area contributed by atoms with Gasteiger partial charge in [-0.15, -0.1) is 0 Å². The molecule has 98 valence electrons. The van der Waals surface area contributed by atoms with Gasteiger partial charge < -0.3 is 20.8 Å². The summed E-state index contributed by atoms with van der Waals surface area (Å²) in [6.45, 7) is 1.84. The summed E-state index contributed by atoms with van der Waals surface area (Å²) in [5.74, 6) is -0.809. The van der Waals surface area contributed by atoms with Crippen molar-refractivity contribution in [3.8, 4) is 11.5 Å². The fourth-order valence-electron chi connectivity index (χ4n) is 2.18. The number of phenols is 2. The lowest BCUT2D eigenvalue weighted by Crippen LogP contribution is -2.35. The smallest absolute Gasteiger partial charge is 0.259 e. The van der Waals surface area contributed by atoms with Crippen LogP contribution in [0.25, 0.3) is 0 Å². The Labute approximate surface area is 106 Å². The average Bonchev–Trinajstić information content (AvgIpc) is 2.57. The predicted octanol–water partition coefficient (Wildman–Crippen LogP) is 0.970. The number of hydrogen-bond acceptors (Lipinski definition) is 4. The molecule has 0 radical (unpaired) electrons. The zero-order valence-corrected chi connectivity index (χ0v) is 10.1. The summed E-state index contributed by atoms with van der Waals surface area (Å²) >= 11 is 0. The zero-order valence-electron chi connectivity index (χ0n) is 10.1. The van der Waals surface area contributed by atoms with Crippen LogP contribution in [-0.2, 0) is 0 Å². The first kappa shape index (κ1) is 12.7. The van der Waals surface area contributed by atoms with E-state index in [4.69, 9.17) is 0 Å². The molecule has 1 fully saturated rings. The monoisotopic (exact) mass is 250 g/mol. The number of phenolic OH excluding ortho intramolecular Hbond substituents is 2. The predicted molar refractivity (Wildman–Crippen MR) is 67.7 cm³/mol. The Kier molecular flexibility index (Phi) is 4.04. The second-order valence-corrected chi connectivity index (χ2v) is 4.52. The van der Waals surface area contributed by atoms with Gasteiger partial charge in [0.15, 0.2) is 0 Å². The Bertz CT molecular complexity index is 406. The fraction of sp³-hybridized carbons (Fsp3) is 0.462. The van der Waals surface area contributed by atoms with Gasteiger partial charge in [0, 0.05) is 6.04 Å². The molecule has 1 unspecified atom stereocenters. The van der Waals surface area contributed by atoms with Crippen molar-refractivity contribution in [1.29, 1.82) is 0 Å². The number of benzene rings is 1. The van der Waals surface area contributed by atoms with Gasteiger partial charge in [-0.05, 0) is 44.5 Å². The highest BCUT2D eigenvalue weighted by Gasteiger charge is 2.20. The maximum Gasteiger partial charge on any atom is 0.259 e. The molecule has 0 aliphatic carbocycles. The van der Waals surface area contributed by atoms with Crippen LogP contribution in [-0.4, -0.2) is 35.3 Å². The highest BCUT2D eigenvalue weighted by Crippen LogP contribution is 2.26. The van der Waals surface area contributed by atoms with Gasteiger partial charge in [0.1, 0.15) is 17.1 Å². The topological polar surface area (TPSA) is 81.6 Å². The summed E-state index contributed by atoms with van der Waals surface area (Å²) in [5.41, 5.74) is -0.0466. The van der Waals surface area contributed by atoms with Crippen molar-refractivity contribution in [2.75, 3.05) is 13.1 Å². The van der Waals surface area contributed by atoms with Crippen molar-refractivity contribution in [2.45, 2.75) is 25.3 Å². The molecule has 0 bridgehead atoms. The van der Waals surface area contributed by atoms with E-state index in [1.165, 1.54) is 18.2 Å². The minimum Gasteiger partial charge on any atom is -0.507 e. The first-order valence-electron chi connectivity index (χ1n) is 6.21. The van der Waals surface area contributed by atoms with Crippen LogP contribution in [0.2, 0.25) is 0 Å². The number of aromatic hydroxyl groups is 2. The van der Waals surface area contributed by atoms with Crippen LogP contribution < -0.4 is 10.6 Å². The summed E-state index contributed by atoms with van der Waals surface area (Å²) in [4.78, 5) is 12.0. The molecular weight excluding hydrogens is 232 g/mol. The molecule has 2 rings (SSSR count). The lowest BCUT2D eigenvalue weighted by Gasteiger charge is -2.16. The van der Waals surface area contributed by atoms with Crippen molar-refractivity contribution in [1.82, 2.24) is 10.6 Å².